The smallest absolute Gasteiger partial charge is 0.0472 e. The SMILES string of the molecule is CC(NCc1c[nH]c2cc(Cl)ccc12)c1ccc(Cl)cc1. The Morgan fingerprint density at radius 2 is 1.76 bits per heavy atom. The molecule has 108 valence electrons. The van der Waals surface area contributed by atoms with Crippen molar-refractivity contribution < 1.29 is 0 Å². The third kappa shape index (κ3) is 3.24. The van der Waals surface area contributed by atoms with Crippen molar-refractivity contribution in [3.05, 3.63) is 69.8 Å². The van der Waals surface area contributed by atoms with E-state index >= 15 is 0 Å². The number of benzene rings is 2. The summed E-state index contributed by atoms with van der Waals surface area (Å²) in [4.78, 5) is 3.26. The van der Waals surface area contributed by atoms with Gasteiger partial charge in [0.05, 0.1) is 0 Å². The summed E-state index contributed by atoms with van der Waals surface area (Å²) in [5.74, 6) is 0. The molecule has 0 bridgehead atoms. The maximum atomic E-state index is 6.00. The molecule has 0 aliphatic carbocycles. The van der Waals surface area contributed by atoms with Crippen LogP contribution >= 0.6 is 23.2 Å². The van der Waals surface area contributed by atoms with E-state index in [0.717, 1.165) is 22.1 Å². The molecular weight excluding hydrogens is 303 g/mol. The van der Waals surface area contributed by atoms with Crippen molar-refractivity contribution in [2.45, 2.75) is 19.5 Å². The summed E-state index contributed by atoms with van der Waals surface area (Å²) >= 11 is 11.9. The number of hydrogen-bond donors (Lipinski definition) is 2. The zero-order valence-corrected chi connectivity index (χ0v) is 13.2. The average molecular weight is 319 g/mol. The van der Waals surface area contributed by atoms with Gasteiger partial charge in [-0.05, 0) is 42.3 Å². The molecule has 4 heteroatoms. The number of rotatable bonds is 4. The van der Waals surface area contributed by atoms with Crippen LogP contribution in [0.4, 0.5) is 0 Å². The molecule has 0 radical (unpaired) electrons. The van der Waals surface area contributed by atoms with E-state index in [2.05, 4.69) is 35.4 Å². The van der Waals surface area contributed by atoms with Gasteiger partial charge in [0.1, 0.15) is 0 Å². The number of aromatic amines is 1. The Balaban J connectivity index is 1.72. The summed E-state index contributed by atoms with van der Waals surface area (Å²) in [7, 11) is 0. The second kappa shape index (κ2) is 6.10. The molecule has 0 saturated carbocycles. The largest absolute Gasteiger partial charge is 0.361 e. The second-order valence-corrected chi connectivity index (χ2v) is 6.03. The van der Waals surface area contributed by atoms with Crippen molar-refractivity contribution in [3.8, 4) is 0 Å². The lowest BCUT2D eigenvalue weighted by molar-refractivity contribution is 0.576. The molecule has 1 atom stereocenters. The highest BCUT2D eigenvalue weighted by atomic mass is 35.5. The molecule has 3 rings (SSSR count). The van der Waals surface area contributed by atoms with E-state index in [-0.39, 0.29) is 6.04 Å². The molecule has 1 unspecified atom stereocenters. The van der Waals surface area contributed by atoms with Crippen molar-refractivity contribution in [1.82, 2.24) is 10.3 Å². The van der Waals surface area contributed by atoms with Crippen molar-refractivity contribution in [1.29, 1.82) is 0 Å². The number of fused-ring (bicyclic) bond motifs is 1. The van der Waals surface area contributed by atoms with Crippen LogP contribution in [0.1, 0.15) is 24.1 Å². The summed E-state index contributed by atoms with van der Waals surface area (Å²) < 4.78 is 0. The Hall–Kier alpha value is -1.48. The lowest BCUT2D eigenvalue weighted by Crippen LogP contribution is -2.17. The van der Waals surface area contributed by atoms with Crippen LogP contribution in [0.25, 0.3) is 10.9 Å². The fraction of sp³-hybridized carbons (Fsp3) is 0.176. The molecule has 0 aliphatic rings. The monoisotopic (exact) mass is 318 g/mol. The Morgan fingerprint density at radius 3 is 2.52 bits per heavy atom. The Kier molecular flexibility index (Phi) is 4.20. The van der Waals surface area contributed by atoms with Gasteiger partial charge in [-0.3, -0.25) is 0 Å². The molecule has 2 nitrogen and oxygen atoms in total. The minimum atomic E-state index is 0.263. The van der Waals surface area contributed by atoms with Gasteiger partial charge in [-0.2, -0.15) is 0 Å². The predicted molar refractivity (Wildman–Crippen MR) is 90.0 cm³/mol. The van der Waals surface area contributed by atoms with Crippen LogP contribution in [-0.2, 0) is 6.54 Å². The quantitative estimate of drug-likeness (QED) is 0.669. The van der Waals surface area contributed by atoms with Gasteiger partial charge < -0.3 is 10.3 Å². The molecule has 0 fully saturated rings. The first kappa shape index (κ1) is 14.5. The van der Waals surface area contributed by atoms with Crippen molar-refractivity contribution in [2.24, 2.45) is 0 Å². The van der Waals surface area contributed by atoms with Crippen LogP contribution in [0.2, 0.25) is 10.0 Å². The lowest BCUT2D eigenvalue weighted by atomic mass is 10.1. The van der Waals surface area contributed by atoms with Crippen molar-refractivity contribution >= 4 is 34.1 Å². The molecule has 0 amide bonds. The van der Waals surface area contributed by atoms with Crippen LogP contribution in [0.5, 0.6) is 0 Å². The van der Waals surface area contributed by atoms with Crippen LogP contribution in [-0.4, -0.2) is 4.98 Å². The van der Waals surface area contributed by atoms with E-state index in [0.29, 0.717) is 0 Å². The zero-order valence-electron chi connectivity index (χ0n) is 11.7. The first-order valence-electron chi connectivity index (χ1n) is 6.88. The molecule has 1 aromatic heterocycles. The molecule has 2 N–H and O–H groups in total. The highest BCUT2D eigenvalue weighted by Gasteiger charge is 2.08. The van der Waals surface area contributed by atoms with E-state index in [1.165, 1.54) is 16.5 Å². The van der Waals surface area contributed by atoms with E-state index in [1.807, 2.05) is 30.5 Å². The standard InChI is InChI=1S/C17H16Cl2N2/c1-11(12-2-4-14(18)5-3-12)20-9-13-10-21-17-8-15(19)6-7-16(13)17/h2-8,10-11,20-21H,9H2,1H3. The maximum Gasteiger partial charge on any atom is 0.0472 e. The molecule has 21 heavy (non-hydrogen) atoms. The minimum absolute atomic E-state index is 0.263. The van der Waals surface area contributed by atoms with Crippen LogP contribution in [0.15, 0.2) is 48.7 Å². The van der Waals surface area contributed by atoms with E-state index in [9.17, 15) is 0 Å². The maximum absolute atomic E-state index is 6.00. The van der Waals surface area contributed by atoms with E-state index in [1.54, 1.807) is 0 Å². The molecule has 3 aromatic rings. The van der Waals surface area contributed by atoms with Gasteiger partial charge in [0.15, 0.2) is 0 Å². The predicted octanol–water partition coefficient (Wildman–Crippen LogP) is 5.33. The summed E-state index contributed by atoms with van der Waals surface area (Å²) in [5.41, 5.74) is 3.53. The third-order valence-electron chi connectivity index (χ3n) is 3.70. The first-order chi connectivity index (χ1) is 10.1. The normalized spacial score (nSPS) is 12.7. The average Bonchev–Trinajstić information content (AvgIpc) is 2.87. The van der Waals surface area contributed by atoms with Crippen LogP contribution in [0.3, 0.4) is 0 Å². The van der Waals surface area contributed by atoms with Crippen molar-refractivity contribution in [2.75, 3.05) is 0 Å². The molecule has 0 saturated heterocycles. The van der Waals surface area contributed by atoms with E-state index in [4.69, 9.17) is 23.2 Å². The van der Waals surface area contributed by atoms with Gasteiger partial charge in [-0.15, -0.1) is 0 Å². The van der Waals surface area contributed by atoms with Crippen LogP contribution in [0, 0.1) is 0 Å². The zero-order chi connectivity index (χ0) is 14.8. The third-order valence-corrected chi connectivity index (χ3v) is 4.19. The molecule has 1 heterocycles. The van der Waals surface area contributed by atoms with Gasteiger partial charge in [0, 0.05) is 39.7 Å². The van der Waals surface area contributed by atoms with Gasteiger partial charge in [0.2, 0.25) is 0 Å². The summed E-state index contributed by atoms with van der Waals surface area (Å²) in [6.07, 6.45) is 2.03. The lowest BCUT2D eigenvalue weighted by Gasteiger charge is -2.14. The molecule has 0 spiro atoms. The fourth-order valence-electron chi connectivity index (χ4n) is 2.44. The highest BCUT2D eigenvalue weighted by Crippen LogP contribution is 2.23. The summed E-state index contributed by atoms with van der Waals surface area (Å²) in [6.45, 7) is 2.94. The Morgan fingerprint density at radius 1 is 1.05 bits per heavy atom. The van der Waals surface area contributed by atoms with Gasteiger partial charge in [0.25, 0.3) is 0 Å². The van der Waals surface area contributed by atoms with Gasteiger partial charge in [-0.1, -0.05) is 41.4 Å². The van der Waals surface area contributed by atoms with Crippen molar-refractivity contribution in [3.63, 3.8) is 0 Å². The number of hydrogen-bond acceptors (Lipinski definition) is 1. The first-order valence-corrected chi connectivity index (χ1v) is 7.63. The minimum Gasteiger partial charge on any atom is -0.361 e. The number of H-pyrrole nitrogens is 1. The summed E-state index contributed by atoms with van der Waals surface area (Å²) in [6, 6.07) is 14.1. The molecule has 0 aliphatic heterocycles. The number of halogens is 2. The topological polar surface area (TPSA) is 27.8 Å². The number of aromatic nitrogens is 1. The molecule has 2 aromatic carbocycles. The summed E-state index contributed by atoms with van der Waals surface area (Å²) in [5, 5.41) is 6.25. The Bertz CT molecular complexity index is 747. The highest BCUT2D eigenvalue weighted by molar-refractivity contribution is 6.31. The van der Waals surface area contributed by atoms with Gasteiger partial charge in [-0.25, -0.2) is 0 Å². The number of nitrogens with one attached hydrogen (secondary N) is 2. The Labute approximate surface area is 134 Å². The fourth-order valence-corrected chi connectivity index (χ4v) is 2.74. The second-order valence-electron chi connectivity index (χ2n) is 5.16. The van der Waals surface area contributed by atoms with Gasteiger partial charge >= 0.3 is 0 Å². The molecular formula is C17H16Cl2N2. The van der Waals surface area contributed by atoms with Crippen LogP contribution < -0.4 is 5.32 Å². The van der Waals surface area contributed by atoms with E-state index < -0.39 is 0 Å².